The highest BCUT2D eigenvalue weighted by Crippen LogP contribution is 2.25. The molecule has 2 rings (SSSR count). The molecule has 1 aromatic rings. The van der Waals surface area contributed by atoms with E-state index in [1.807, 2.05) is 7.05 Å². The number of guanidine groups is 1. The van der Waals surface area contributed by atoms with Crippen LogP contribution in [0.1, 0.15) is 30.9 Å². The molecule has 1 aliphatic rings. The average molecular weight is 460 g/mol. The van der Waals surface area contributed by atoms with E-state index in [0.717, 1.165) is 50.4 Å². The standard InChI is InChI=1S/C19H32N4O.HI/c1-5-23(17-8-9-17)13-12-22-19(20-3)21-11-10-16-7-6-15(2)18(14-16)24-4;/h6-7,14,17H,5,8-13H2,1-4H3,(H2,20,21,22);1H. The van der Waals surface area contributed by atoms with Crippen molar-refractivity contribution in [2.24, 2.45) is 4.99 Å². The number of nitrogens with zero attached hydrogens (tertiary/aromatic N) is 2. The topological polar surface area (TPSA) is 48.9 Å². The fraction of sp³-hybridized carbons (Fsp3) is 0.632. The Morgan fingerprint density at radius 1 is 1.28 bits per heavy atom. The SMILES string of the molecule is CCN(CCNC(=NC)NCCc1ccc(C)c(OC)c1)C1CC1.I. The second-order valence-electron chi connectivity index (χ2n) is 6.34. The van der Waals surface area contributed by atoms with Crippen molar-refractivity contribution in [1.82, 2.24) is 15.5 Å². The van der Waals surface area contributed by atoms with E-state index in [4.69, 9.17) is 4.74 Å². The molecule has 25 heavy (non-hydrogen) atoms. The maximum atomic E-state index is 5.38. The van der Waals surface area contributed by atoms with Crippen LogP contribution >= 0.6 is 24.0 Å². The average Bonchev–Trinajstić information content (AvgIpc) is 3.43. The van der Waals surface area contributed by atoms with Gasteiger partial charge in [-0.15, -0.1) is 24.0 Å². The van der Waals surface area contributed by atoms with Gasteiger partial charge in [-0.2, -0.15) is 0 Å². The van der Waals surface area contributed by atoms with Gasteiger partial charge in [0.15, 0.2) is 5.96 Å². The van der Waals surface area contributed by atoms with Crippen LogP contribution in [0.2, 0.25) is 0 Å². The third-order valence-corrected chi connectivity index (χ3v) is 4.56. The largest absolute Gasteiger partial charge is 0.496 e. The molecule has 0 unspecified atom stereocenters. The normalized spacial score (nSPS) is 14.2. The quantitative estimate of drug-likeness (QED) is 0.338. The molecule has 0 saturated heterocycles. The molecule has 0 aromatic heterocycles. The van der Waals surface area contributed by atoms with Crippen molar-refractivity contribution in [2.45, 2.75) is 39.2 Å². The molecule has 1 aliphatic carbocycles. The first kappa shape index (κ1) is 22.0. The van der Waals surface area contributed by atoms with Gasteiger partial charge in [0.25, 0.3) is 0 Å². The van der Waals surface area contributed by atoms with Crippen LogP contribution in [-0.2, 0) is 6.42 Å². The van der Waals surface area contributed by atoms with Gasteiger partial charge in [-0.25, -0.2) is 0 Å². The summed E-state index contributed by atoms with van der Waals surface area (Å²) in [5, 5.41) is 6.79. The predicted molar refractivity (Wildman–Crippen MR) is 116 cm³/mol. The van der Waals surface area contributed by atoms with E-state index < -0.39 is 0 Å². The van der Waals surface area contributed by atoms with Crippen molar-refractivity contribution in [3.05, 3.63) is 29.3 Å². The highest BCUT2D eigenvalue weighted by molar-refractivity contribution is 14.0. The third kappa shape index (κ3) is 7.40. The molecule has 6 heteroatoms. The first-order valence-electron chi connectivity index (χ1n) is 9.00. The molecule has 0 heterocycles. The van der Waals surface area contributed by atoms with Gasteiger partial charge in [-0.05, 0) is 49.9 Å². The Hall–Kier alpha value is -1.02. The molecular weight excluding hydrogens is 427 g/mol. The van der Waals surface area contributed by atoms with E-state index in [9.17, 15) is 0 Å². The molecule has 0 aliphatic heterocycles. The minimum atomic E-state index is 0. The predicted octanol–water partition coefficient (Wildman–Crippen LogP) is 2.81. The smallest absolute Gasteiger partial charge is 0.191 e. The van der Waals surface area contributed by atoms with Crippen LogP contribution in [0.5, 0.6) is 5.75 Å². The molecule has 2 N–H and O–H groups in total. The number of hydrogen-bond acceptors (Lipinski definition) is 3. The maximum absolute atomic E-state index is 5.38. The summed E-state index contributed by atoms with van der Waals surface area (Å²) in [6, 6.07) is 7.20. The van der Waals surface area contributed by atoms with E-state index in [1.165, 1.54) is 24.0 Å². The summed E-state index contributed by atoms with van der Waals surface area (Å²) in [6.45, 7) is 8.30. The van der Waals surface area contributed by atoms with Gasteiger partial charge in [0.2, 0.25) is 0 Å². The van der Waals surface area contributed by atoms with Crippen molar-refractivity contribution < 1.29 is 4.74 Å². The summed E-state index contributed by atoms with van der Waals surface area (Å²) in [5.41, 5.74) is 2.44. The minimum absolute atomic E-state index is 0. The lowest BCUT2D eigenvalue weighted by Gasteiger charge is -2.20. The molecule has 0 amide bonds. The number of ether oxygens (including phenoxy) is 1. The van der Waals surface area contributed by atoms with Crippen LogP contribution in [0.4, 0.5) is 0 Å². The van der Waals surface area contributed by atoms with E-state index in [-0.39, 0.29) is 24.0 Å². The Labute approximate surface area is 169 Å². The number of methoxy groups -OCH3 is 1. The molecular formula is C19H33IN4O. The van der Waals surface area contributed by atoms with Crippen LogP contribution in [0.25, 0.3) is 0 Å². The number of aryl methyl sites for hydroxylation is 1. The van der Waals surface area contributed by atoms with Gasteiger partial charge in [0.1, 0.15) is 5.75 Å². The second-order valence-corrected chi connectivity index (χ2v) is 6.34. The third-order valence-electron chi connectivity index (χ3n) is 4.56. The van der Waals surface area contributed by atoms with E-state index >= 15 is 0 Å². The van der Waals surface area contributed by atoms with Crippen LogP contribution in [0, 0.1) is 6.92 Å². The monoisotopic (exact) mass is 460 g/mol. The van der Waals surface area contributed by atoms with Gasteiger partial charge in [-0.3, -0.25) is 9.89 Å². The maximum Gasteiger partial charge on any atom is 0.191 e. The molecule has 5 nitrogen and oxygen atoms in total. The van der Waals surface area contributed by atoms with Crippen molar-refractivity contribution in [2.75, 3.05) is 40.3 Å². The van der Waals surface area contributed by atoms with Gasteiger partial charge < -0.3 is 15.4 Å². The van der Waals surface area contributed by atoms with Crippen LogP contribution in [-0.4, -0.2) is 57.2 Å². The first-order chi connectivity index (χ1) is 11.7. The number of aliphatic imine (C=N–C) groups is 1. The Balaban J connectivity index is 0.00000312. The number of benzene rings is 1. The summed E-state index contributed by atoms with van der Waals surface area (Å²) in [6.07, 6.45) is 3.67. The number of nitrogens with one attached hydrogen (secondary N) is 2. The Morgan fingerprint density at radius 2 is 2.00 bits per heavy atom. The van der Waals surface area contributed by atoms with Crippen molar-refractivity contribution >= 4 is 29.9 Å². The lowest BCUT2D eigenvalue weighted by molar-refractivity contribution is 0.282. The zero-order valence-corrected chi connectivity index (χ0v) is 18.3. The van der Waals surface area contributed by atoms with Crippen molar-refractivity contribution in [1.29, 1.82) is 0 Å². The highest BCUT2D eigenvalue weighted by atomic mass is 127. The summed E-state index contributed by atoms with van der Waals surface area (Å²) in [5.74, 6) is 1.83. The van der Waals surface area contributed by atoms with E-state index in [0.29, 0.717) is 0 Å². The van der Waals surface area contributed by atoms with Gasteiger partial charge >= 0.3 is 0 Å². The molecule has 0 radical (unpaired) electrons. The summed E-state index contributed by atoms with van der Waals surface area (Å²) < 4.78 is 5.38. The Morgan fingerprint density at radius 3 is 2.60 bits per heavy atom. The van der Waals surface area contributed by atoms with E-state index in [1.54, 1.807) is 7.11 Å². The zero-order chi connectivity index (χ0) is 17.4. The highest BCUT2D eigenvalue weighted by Gasteiger charge is 2.27. The summed E-state index contributed by atoms with van der Waals surface area (Å²) in [4.78, 5) is 6.84. The molecule has 142 valence electrons. The first-order valence-corrected chi connectivity index (χ1v) is 9.00. The molecule has 0 spiro atoms. The Bertz CT molecular complexity index is 546. The lowest BCUT2D eigenvalue weighted by Crippen LogP contribution is -2.42. The molecule has 0 bridgehead atoms. The second kappa shape index (κ2) is 11.6. The lowest BCUT2D eigenvalue weighted by atomic mass is 10.1. The Kier molecular flexibility index (Phi) is 10.2. The van der Waals surface area contributed by atoms with Crippen molar-refractivity contribution in [3.8, 4) is 5.75 Å². The van der Waals surface area contributed by atoms with Crippen LogP contribution in [0.15, 0.2) is 23.2 Å². The summed E-state index contributed by atoms with van der Waals surface area (Å²) in [7, 11) is 3.54. The molecule has 1 saturated carbocycles. The summed E-state index contributed by atoms with van der Waals surface area (Å²) >= 11 is 0. The van der Waals surface area contributed by atoms with Gasteiger partial charge in [0.05, 0.1) is 7.11 Å². The number of rotatable bonds is 9. The zero-order valence-electron chi connectivity index (χ0n) is 16.0. The van der Waals surface area contributed by atoms with Crippen molar-refractivity contribution in [3.63, 3.8) is 0 Å². The molecule has 0 atom stereocenters. The fourth-order valence-corrected chi connectivity index (χ4v) is 2.92. The van der Waals surface area contributed by atoms with Gasteiger partial charge in [-0.1, -0.05) is 19.1 Å². The van der Waals surface area contributed by atoms with Crippen LogP contribution in [0.3, 0.4) is 0 Å². The molecule has 1 fully saturated rings. The van der Waals surface area contributed by atoms with Gasteiger partial charge in [0, 0.05) is 32.7 Å². The molecule has 1 aromatic carbocycles. The number of likely N-dealkylation sites (N-methyl/N-ethyl adjacent to an activating group) is 1. The fourth-order valence-electron chi connectivity index (χ4n) is 2.92. The van der Waals surface area contributed by atoms with Crippen LogP contribution < -0.4 is 15.4 Å². The minimum Gasteiger partial charge on any atom is -0.496 e. The number of hydrogen-bond donors (Lipinski definition) is 2. The van der Waals surface area contributed by atoms with E-state index in [2.05, 4.69) is 52.6 Å². The number of halogens is 1.